The summed E-state index contributed by atoms with van der Waals surface area (Å²) in [7, 11) is 0. The Morgan fingerprint density at radius 3 is 1.81 bits per heavy atom. The van der Waals surface area contributed by atoms with E-state index in [4.69, 9.17) is 33.9 Å². The molecule has 17 heteroatoms. The van der Waals surface area contributed by atoms with Crippen LogP contribution >= 0.6 is 0 Å². The molecule has 0 unspecified atom stereocenters. The molecule has 3 rings (SSSR count). The Bertz CT molecular complexity index is 686. The van der Waals surface area contributed by atoms with Crippen LogP contribution in [-0.2, 0) is 23.7 Å². The molecule has 0 amide bonds. The highest BCUT2D eigenvalue weighted by atomic mass is 16.7. The molecule has 3 aliphatic heterocycles. The molecular formula is C19H34O17. The van der Waals surface area contributed by atoms with Gasteiger partial charge in [0.2, 0.25) is 0 Å². The van der Waals surface area contributed by atoms with Crippen LogP contribution in [0.1, 0.15) is 0 Å². The van der Waals surface area contributed by atoms with E-state index in [9.17, 15) is 51.1 Å². The molecule has 0 aliphatic carbocycles. The predicted molar refractivity (Wildman–Crippen MR) is 107 cm³/mol. The average molecular weight is 534 g/mol. The van der Waals surface area contributed by atoms with Crippen molar-refractivity contribution in [2.24, 2.45) is 0 Å². The van der Waals surface area contributed by atoms with E-state index in [0.717, 1.165) is 0 Å². The van der Waals surface area contributed by atoms with Crippen molar-refractivity contribution in [1.29, 1.82) is 0 Å². The molecular weight excluding hydrogens is 500 g/mol. The second kappa shape index (κ2) is 12.5. The van der Waals surface area contributed by atoms with Crippen LogP contribution in [0.25, 0.3) is 0 Å². The highest BCUT2D eigenvalue weighted by Crippen LogP contribution is 2.30. The van der Waals surface area contributed by atoms with Gasteiger partial charge in [-0.15, -0.1) is 0 Å². The zero-order valence-corrected chi connectivity index (χ0v) is 18.8. The molecule has 3 saturated heterocycles. The zero-order valence-electron chi connectivity index (χ0n) is 18.8. The standard InChI is InChI=1S/C19H34O17/c20-1-4(22)15-12(28)10(26)13(29)18(35-15)32-3-6-8(24)9(25)14(30)19(34-6)36-16-11(27)7(23)5(2-21)33-17(16)31/h4-31H,1-3H2/t4-,5+,6+,7+,8+,9-,10-,11-,12-,13-,14+,15+,16+,17-,18-,19+/m0/s1. The van der Waals surface area contributed by atoms with Crippen LogP contribution < -0.4 is 0 Å². The fraction of sp³-hybridized carbons (Fsp3) is 1.00. The van der Waals surface area contributed by atoms with Crippen LogP contribution in [0.15, 0.2) is 0 Å². The van der Waals surface area contributed by atoms with Gasteiger partial charge in [-0.3, -0.25) is 0 Å². The molecule has 12 N–H and O–H groups in total. The second-order valence-electron chi connectivity index (χ2n) is 8.87. The summed E-state index contributed by atoms with van der Waals surface area (Å²) in [5, 5.41) is 119. The third-order valence-electron chi connectivity index (χ3n) is 6.40. The third-order valence-corrected chi connectivity index (χ3v) is 6.40. The summed E-state index contributed by atoms with van der Waals surface area (Å²) in [6.07, 6.45) is -27.7. The fourth-order valence-corrected chi connectivity index (χ4v) is 4.16. The quantitative estimate of drug-likeness (QED) is 0.138. The molecule has 3 heterocycles. The van der Waals surface area contributed by atoms with Crippen molar-refractivity contribution in [3.05, 3.63) is 0 Å². The molecule has 17 nitrogen and oxygen atoms in total. The Kier molecular flexibility index (Phi) is 10.3. The monoisotopic (exact) mass is 534 g/mol. The Balaban J connectivity index is 1.66. The topological polar surface area (TPSA) is 289 Å². The van der Waals surface area contributed by atoms with Gasteiger partial charge in [-0.2, -0.15) is 0 Å². The van der Waals surface area contributed by atoms with Crippen LogP contribution in [0.4, 0.5) is 0 Å². The largest absolute Gasteiger partial charge is 0.394 e. The number of aliphatic hydroxyl groups is 12. The van der Waals surface area contributed by atoms with E-state index in [2.05, 4.69) is 0 Å². The second-order valence-corrected chi connectivity index (χ2v) is 8.87. The lowest BCUT2D eigenvalue weighted by molar-refractivity contribution is -0.368. The van der Waals surface area contributed by atoms with Crippen molar-refractivity contribution in [3.8, 4) is 0 Å². The molecule has 16 atom stereocenters. The van der Waals surface area contributed by atoms with E-state index in [1.165, 1.54) is 0 Å². The molecule has 0 saturated carbocycles. The summed E-state index contributed by atoms with van der Waals surface area (Å²) < 4.78 is 26.2. The molecule has 0 aromatic heterocycles. The molecule has 0 radical (unpaired) electrons. The Labute approximate surface area is 203 Å². The van der Waals surface area contributed by atoms with E-state index >= 15 is 0 Å². The van der Waals surface area contributed by atoms with Crippen LogP contribution in [0, 0.1) is 0 Å². The number of rotatable bonds is 8. The lowest BCUT2D eigenvalue weighted by Gasteiger charge is -2.45. The van der Waals surface area contributed by atoms with Crippen LogP contribution in [-0.4, -0.2) is 179 Å². The highest BCUT2D eigenvalue weighted by molar-refractivity contribution is 4.95. The summed E-state index contributed by atoms with van der Waals surface area (Å²) >= 11 is 0. The van der Waals surface area contributed by atoms with E-state index < -0.39 is 118 Å². The molecule has 36 heavy (non-hydrogen) atoms. The first-order valence-electron chi connectivity index (χ1n) is 11.2. The summed E-state index contributed by atoms with van der Waals surface area (Å²) in [6.45, 7) is -2.26. The van der Waals surface area contributed by atoms with E-state index in [0.29, 0.717) is 0 Å². The van der Waals surface area contributed by atoms with Crippen molar-refractivity contribution in [2.45, 2.75) is 98.2 Å². The first kappa shape index (κ1) is 29.9. The van der Waals surface area contributed by atoms with Gasteiger partial charge in [-0.25, -0.2) is 0 Å². The van der Waals surface area contributed by atoms with Gasteiger partial charge >= 0.3 is 0 Å². The van der Waals surface area contributed by atoms with Gasteiger partial charge in [-0.05, 0) is 0 Å². The zero-order chi connectivity index (χ0) is 26.9. The lowest BCUT2D eigenvalue weighted by Crippen LogP contribution is -2.65. The molecule has 0 spiro atoms. The predicted octanol–water partition coefficient (Wildman–Crippen LogP) is -8.21. The fourth-order valence-electron chi connectivity index (χ4n) is 4.16. The van der Waals surface area contributed by atoms with E-state index in [1.54, 1.807) is 0 Å². The van der Waals surface area contributed by atoms with Crippen LogP contribution in [0.2, 0.25) is 0 Å². The number of aliphatic hydroxyl groups excluding tert-OH is 12. The highest BCUT2D eigenvalue weighted by Gasteiger charge is 2.51. The summed E-state index contributed by atoms with van der Waals surface area (Å²) in [5.41, 5.74) is 0. The van der Waals surface area contributed by atoms with Crippen molar-refractivity contribution in [1.82, 2.24) is 0 Å². The van der Waals surface area contributed by atoms with Crippen molar-refractivity contribution in [2.75, 3.05) is 19.8 Å². The molecule has 3 aliphatic rings. The number of hydrogen-bond acceptors (Lipinski definition) is 17. The number of ether oxygens (including phenoxy) is 5. The van der Waals surface area contributed by atoms with Gasteiger partial charge in [0.05, 0.1) is 19.8 Å². The van der Waals surface area contributed by atoms with Crippen molar-refractivity contribution < 1.29 is 85.0 Å². The Hall–Kier alpha value is -0.680. The number of hydrogen-bond donors (Lipinski definition) is 12. The van der Waals surface area contributed by atoms with Crippen molar-refractivity contribution >= 4 is 0 Å². The molecule has 0 bridgehead atoms. The van der Waals surface area contributed by atoms with Gasteiger partial charge < -0.3 is 85.0 Å². The van der Waals surface area contributed by atoms with E-state index in [1.807, 2.05) is 0 Å². The molecule has 212 valence electrons. The van der Waals surface area contributed by atoms with Gasteiger partial charge in [0, 0.05) is 0 Å². The minimum atomic E-state index is -1.92. The first-order chi connectivity index (χ1) is 16.9. The SMILES string of the molecule is OC[C@H](O)[C@H]1O[C@H](OC[C@H]2O[C@H](O[C@@H]3[C@@H](O)[C@H](O)[C@@H](CO)O[C@@H]3O)[C@H](O)[C@@H](O)[C@@H]2O)[C@@H](O)[C@@H](O)[C@@H]1O. The van der Waals surface area contributed by atoms with Crippen LogP contribution in [0.5, 0.6) is 0 Å². The summed E-state index contributed by atoms with van der Waals surface area (Å²) in [5.74, 6) is 0. The molecule has 0 aromatic carbocycles. The average Bonchev–Trinajstić information content (AvgIpc) is 2.86. The maximum absolute atomic E-state index is 10.3. The van der Waals surface area contributed by atoms with Gasteiger partial charge in [0.15, 0.2) is 18.9 Å². The van der Waals surface area contributed by atoms with E-state index in [-0.39, 0.29) is 0 Å². The molecule has 0 aromatic rings. The summed E-state index contributed by atoms with van der Waals surface area (Å²) in [4.78, 5) is 0. The molecule has 3 fully saturated rings. The summed E-state index contributed by atoms with van der Waals surface area (Å²) in [6, 6.07) is 0. The minimum Gasteiger partial charge on any atom is -0.394 e. The normalized spacial score (nSPS) is 51.2. The van der Waals surface area contributed by atoms with Gasteiger partial charge in [0.25, 0.3) is 0 Å². The smallest absolute Gasteiger partial charge is 0.187 e. The maximum atomic E-state index is 10.3. The first-order valence-corrected chi connectivity index (χ1v) is 11.2. The van der Waals surface area contributed by atoms with Gasteiger partial charge in [-0.1, -0.05) is 0 Å². The third kappa shape index (κ3) is 5.98. The maximum Gasteiger partial charge on any atom is 0.187 e. The van der Waals surface area contributed by atoms with Crippen LogP contribution in [0.3, 0.4) is 0 Å². The minimum absolute atomic E-state index is 0.682. The van der Waals surface area contributed by atoms with Gasteiger partial charge in [0.1, 0.15) is 79.4 Å². The Morgan fingerprint density at radius 2 is 1.19 bits per heavy atom. The van der Waals surface area contributed by atoms with Crippen molar-refractivity contribution in [3.63, 3.8) is 0 Å². The lowest BCUT2D eigenvalue weighted by atomic mass is 9.95. The Morgan fingerprint density at radius 1 is 0.611 bits per heavy atom.